The first-order valence-electron chi connectivity index (χ1n) is 6.12. The van der Waals surface area contributed by atoms with E-state index in [1.165, 1.54) is 0 Å². The lowest BCUT2D eigenvalue weighted by molar-refractivity contribution is 0.0597. The van der Waals surface area contributed by atoms with Gasteiger partial charge in [0.05, 0.1) is 0 Å². The first-order valence-corrected chi connectivity index (χ1v) is 7.92. The van der Waals surface area contributed by atoms with E-state index in [1.54, 1.807) is 0 Å². The van der Waals surface area contributed by atoms with E-state index in [4.69, 9.17) is 13.3 Å². The highest BCUT2D eigenvalue weighted by Crippen LogP contribution is 2.31. The van der Waals surface area contributed by atoms with Crippen molar-refractivity contribution in [2.75, 3.05) is 19.8 Å². The summed E-state index contributed by atoms with van der Waals surface area (Å²) in [6.07, 6.45) is 2.12. The van der Waals surface area contributed by atoms with Crippen LogP contribution in [0.5, 0.6) is 0 Å². The van der Waals surface area contributed by atoms with Gasteiger partial charge in [0.15, 0.2) is 0 Å². The van der Waals surface area contributed by atoms with Crippen LogP contribution in [0.4, 0.5) is 0 Å². The van der Waals surface area contributed by atoms with Crippen LogP contribution in [-0.4, -0.2) is 28.6 Å². The Kier molecular flexibility index (Phi) is 16.3. The largest absolute Gasteiger partial charge is 0.504 e. The lowest BCUT2D eigenvalue weighted by atomic mass is 10.3. The Labute approximate surface area is 108 Å². The van der Waals surface area contributed by atoms with Gasteiger partial charge in [-0.2, -0.15) is 0 Å². The summed E-state index contributed by atoms with van der Waals surface area (Å²) < 4.78 is 17.5. The Hall–Kier alpha value is 0.0169. The second-order valence-corrected chi connectivity index (χ2v) is 6.31. The van der Waals surface area contributed by atoms with Crippen LogP contribution in [0, 0.1) is 0 Å². The predicted octanol–water partition coefficient (Wildman–Crippen LogP) is 3.55. The van der Waals surface area contributed by atoms with Crippen LogP contribution >= 0.6 is 0 Å². The Morgan fingerprint density at radius 2 is 1.00 bits per heavy atom. The van der Waals surface area contributed by atoms with Gasteiger partial charge in [0.25, 0.3) is 0 Å². The Balaban J connectivity index is -0.000000980. The summed E-state index contributed by atoms with van der Waals surface area (Å²) in [5.74, 6) is 0. The molecule has 5 nitrogen and oxygen atoms in total. The van der Waals surface area contributed by atoms with Crippen LogP contribution in [0.1, 0.15) is 47.5 Å². The molecule has 0 heterocycles. The summed E-state index contributed by atoms with van der Waals surface area (Å²) in [6.45, 7) is 12.4. The van der Waals surface area contributed by atoms with Crippen LogP contribution < -0.4 is 12.3 Å². The Morgan fingerprint density at radius 3 is 1.18 bits per heavy atom. The molecule has 0 atom stereocenters. The molecule has 0 aliphatic rings. The SMILES string of the molecule is CCO[Si](OCC)(OCC)C(CC)CC.N.N. The van der Waals surface area contributed by atoms with E-state index in [1.807, 2.05) is 20.8 Å². The molecule has 0 aromatic heterocycles. The highest BCUT2D eigenvalue weighted by Gasteiger charge is 2.47. The average molecular weight is 268 g/mol. The van der Waals surface area contributed by atoms with E-state index in [0.717, 1.165) is 12.8 Å². The number of hydrogen-bond donors (Lipinski definition) is 2. The first kappa shape index (κ1) is 22.2. The molecule has 0 rings (SSSR count). The van der Waals surface area contributed by atoms with Crippen molar-refractivity contribution < 1.29 is 13.3 Å². The second-order valence-electron chi connectivity index (χ2n) is 3.42. The molecule has 0 amide bonds. The predicted molar refractivity (Wildman–Crippen MR) is 75.0 cm³/mol. The molecule has 0 unspecified atom stereocenters. The monoisotopic (exact) mass is 268 g/mol. The summed E-state index contributed by atoms with van der Waals surface area (Å²) in [4.78, 5) is 0. The fourth-order valence-corrected chi connectivity index (χ4v) is 5.03. The first-order chi connectivity index (χ1) is 7.20. The van der Waals surface area contributed by atoms with Gasteiger partial charge in [0, 0.05) is 25.4 Å². The molecule has 6 heteroatoms. The number of rotatable bonds is 9. The summed E-state index contributed by atoms with van der Waals surface area (Å²) >= 11 is 0. The molecule has 0 saturated heterocycles. The topological polar surface area (TPSA) is 97.7 Å². The van der Waals surface area contributed by atoms with E-state index in [9.17, 15) is 0 Å². The zero-order valence-electron chi connectivity index (χ0n) is 12.3. The highest BCUT2D eigenvalue weighted by molar-refractivity contribution is 6.62. The zero-order chi connectivity index (χ0) is 11.7. The summed E-state index contributed by atoms with van der Waals surface area (Å²) in [5.41, 5.74) is 0.428. The van der Waals surface area contributed by atoms with E-state index >= 15 is 0 Å². The van der Waals surface area contributed by atoms with Crippen molar-refractivity contribution in [3.05, 3.63) is 0 Å². The average Bonchev–Trinajstić information content (AvgIpc) is 2.20. The second kappa shape index (κ2) is 12.5. The smallest absolute Gasteiger partial charge is 0.374 e. The maximum Gasteiger partial charge on any atom is 0.504 e. The van der Waals surface area contributed by atoms with Gasteiger partial charge < -0.3 is 25.6 Å². The minimum absolute atomic E-state index is 0. The molecule has 6 N–H and O–H groups in total. The van der Waals surface area contributed by atoms with Gasteiger partial charge in [0.2, 0.25) is 0 Å². The van der Waals surface area contributed by atoms with Crippen molar-refractivity contribution in [1.82, 2.24) is 12.3 Å². The maximum atomic E-state index is 5.85. The van der Waals surface area contributed by atoms with Crippen molar-refractivity contribution in [3.63, 3.8) is 0 Å². The van der Waals surface area contributed by atoms with E-state index < -0.39 is 8.80 Å². The molecular formula is C11H32N2O3Si. The third-order valence-corrected chi connectivity index (χ3v) is 6.41. The van der Waals surface area contributed by atoms with Crippen molar-refractivity contribution in [3.8, 4) is 0 Å². The van der Waals surface area contributed by atoms with Crippen LogP contribution in [0.25, 0.3) is 0 Å². The van der Waals surface area contributed by atoms with Crippen molar-refractivity contribution in [2.45, 2.75) is 53.0 Å². The van der Waals surface area contributed by atoms with Gasteiger partial charge in [-0.25, -0.2) is 0 Å². The summed E-state index contributed by atoms with van der Waals surface area (Å²) in [6, 6.07) is 0. The molecule has 108 valence electrons. The molecule has 0 aliphatic heterocycles. The van der Waals surface area contributed by atoms with Gasteiger partial charge in [-0.15, -0.1) is 0 Å². The highest BCUT2D eigenvalue weighted by atomic mass is 28.4. The molecule has 0 saturated carbocycles. The van der Waals surface area contributed by atoms with Gasteiger partial charge in [0.1, 0.15) is 0 Å². The van der Waals surface area contributed by atoms with Crippen LogP contribution in [0.15, 0.2) is 0 Å². The Morgan fingerprint density at radius 1 is 0.706 bits per heavy atom. The van der Waals surface area contributed by atoms with Crippen LogP contribution in [0.3, 0.4) is 0 Å². The standard InChI is InChI=1S/C11H26O3Si.2H3N/c1-6-11(7-2)15(12-8-3,13-9-4)14-10-5;;/h11H,6-10H2,1-5H3;2*1H3. The third kappa shape index (κ3) is 6.49. The normalized spacial score (nSPS) is 10.9. The van der Waals surface area contributed by atoms with Gasteiger partial charge in [-0.3, -0.25) is 0 Å². The lowest BCUT2D eigenvalue weighted by Gasteiger charge is -2.34. The lowest BCUT2D eigenvalue weighted by Crippen LogP contribution is -2.50. The van der Waals surface area contributed by atoms with Gasteiger partial charge >= 0.3 is 8.80 Å². The molecule has 0 aromatic rings. The van der Waals surface area contributed by atoms with E-state index in [0.29, 0.717) is 25.4 Å². The molecule has 0 bridgehead atoms. The molecule has 0 aliphatic carbocycles. The van der Waals surface area contributed by atoms with Crippen molar-refractivity contribution in [2.24, 2.45) is 0 Å². The van der Waals surface area contributed by atoms with Gasteiger partial charge in [-0.05, 0) is 33.6 Å². The summed E-state index contributed by atoms with van der Waals surface area (Å²) in [7, 11) is -2.42. The third-order valence-electron chi connectivity index (χ3n) is 2.52. The molecular weight excluding hydrogens is 236 g/mol. The van der Waals surface area contributed by atoms with Gasteiger partial charge in [-0.1, -0.05) is 13.8 Å². The zero-order valence-corrected chi connectivity index (χ0v) is 13.3. The van der Waals surface area contributed by atoms with Crippen molar-refractivity contribution in [1.29, 1.82) is 0 Å². The van der Waals surface area contributed by atoms with Crippen molar-refractivity contribution >= 4 is 8.80 Å². The Bertz CT molecular complexity index is 141. The fourth-order valence-electron chi connectivity index (χ4n) is 1.87. The minimum Gasteiger partial charge on any atom is -0.374 e. The van der Waals surface area contributed by atoms with E-state index in [2.05, 4.69) is 13.8 Å². The minimum atomic E-state index is -2.42. The molecule has 0 spiro atoms. The maximum absolute atomic E-state index is 5.85. The fraction of sp³-hybridized carbons (Fsp3) is 1.00. The van der Waals surface area contributed by atoms with Crippen LogP contribution in [-0.2, 0) is 13.3 Å². The number of hydrogen-bond acceptors (Lipinski definition) is 5. The molecule has 0 aromatic carbocycles. The van der Waals surface area contributed by atoms with Crippen LogP contribution in [0.2, 0.25) is 5.54 Å². The van der Waals surface area contributed by atoms with E-state index in [-0.39, 0.29) is 12.3 Å². The molecule has 0 radical (unpaired) electrons. The molecule has 0 fully saturated rings. The molecule has 17 heavy (non-hydrogen) atoms. The quantitative estimate of drug-likeness (QED) is 0.623. The summed E-state index contributed by atoms with van der Waals surface area (Å²) in [5, 5.41) is 0.